The van der Waals surface area contributed by atoms with E-state index >= 15 is 0 Å². The zero-order valence-corrected chi connectivity index (χ0v) is 22.8. The highest BCUT2D eigenvalue weighted by atomic mass is 16.1. The van der Waals surface area contributed by atoms with Crippen molar-refractivity contribution in [2.75, 3.05) is 24.3 Å². The lowest BCUT2D eigenvalue weighted by Crippen LogP contribution is -2.40. The van der Waals surface area contributed by atoms with Crippen LogP contribution in [0.2, 0.25) is 0 Å². The normalized spacial score (nSPS) is 17.5. The van der Waals surface area contributed by atoms with Crippen molar-refractivity contribution >= 4 is 28.6 Å². The van der Waals surface area contributed by atoms with E-state index in [2.05, 4.69) is 35.8 Å². The average Bonchev–Trinajstić information content (AvgIpc) is 2.91. The molecule has 2 aromatic carbocycles. The minimum atomic E-state index is 0.0380. The molecular formula is C31H43N5O. The van der Waals surface area contributed by atoms with Crippen molar-refractivity contribution in [1.29, 1.82) is 0 Å². The second-order valence-corrected chi connectivity index (χ2v) is 10.7. The monoisotopic (exact) mass is 501 g/mol. The van der Waals surface area contributed by atoms with E-state index in [9.17, 15) is 4.79 Å². The van der Waals surface area contributed by atoms with Crippen LogP contribution >= 0.6 is 0 Å². The van der Waals surface area contributed by atoms with E-state index in [1.807, 2.05) is 49.3 Å². The number of rotatable bonds is 12. The van der Waals surface area contributed by atoms with E-state index in [0.717, 1.165) is 54.4 Å². The van der Waals surface area contributed by atoms with Gasteiger partial charge >= 0.3 is 0 Å². The molecule has 4 rings (SSSR count). The molecule has 0 aliphatic heterocycles. The molecule has 1 aliphatic rings. The predicted octanol–water partition coefficient (Wildman–Crippen LogP) is 6.75. The summed E-state index contributed by atoms with van der Waals surface area (Å²) in [5, 5.41) is 7.86. The summed E-state index contributed by atoms with van der Waals surface area (Å²) in [6.07, 6.45) is 12.8. The second-order valence-electron chi connectivity index (χ2n) is 10.7. The number of aromatic nitrogens is 2. The van der Waals surface area contributed by atoms with Gasteiger partial charge < -0.3 is 15.5 Å². The number of carbonyl (C=O) groups excluding carboxylic acids is 1. The van der Waals surface area contributed by atoms with Gasteiger partial charge in [0.05, 0.1) is 5.52 Å². The largest absolute Gasteiger partial charge is 0.362 e. The molecule has 1 aliphatic carbocycles. The number of carbonyl (C=O) groups is 1. The first-order valence-electron chi connectivity index (χ1n) is 14.1. The highest BCUT2D eigenvalue weighted by Gasteiger charge is 2.24. The number of nitrogens with one attached hydrogen (secondary N) is 2. The Balaban J connectivity index is 1.23. The summed E-state index contributed by atoms with van der Waals surface area (Å²) < 4.78 is 0. The number of fused-ring (bicyclic) bond motifs is 1. The van der Waals surface area contributed by atoms with Gasteiger partial charge in [0, 0.05) is 37.1 Å². The predicted molar refractivity (Wildman–Crippen MR) is 155 cm³/mol. The Kier molecular flexibility index (Phi) is 9.75. The lowest BCUT2D eigenvalue weighted by molar-refractivity contribution is 0.0926. The molecule has 0 atom stereocenters. The van der Waals surface area contributed by atoms with Crippen molar-refractivity contribution < 1.29 is 4.79 Å². The van der Waals surface area contributed by atoms with Gasteiger partial charge in [0.1, 0.15) is 5.82 Å². The maximum atomic E-state index is 12.8. The van der Waals surface area contributed by atoms with E-state index in [4.69, 9.17) is 9.97 Å². The van der Waals surface area contributed by atoms with E-state index in [-0.39, 0.29) is 11.9 Å². The molecule has 1 saturated carbocycles. The Morgan fingerprint density at radius 2 is 1.54 bits per heavy atom. The fourth-order valence-electron chi connectivity index (χ4n) is 5.23. The molecule has 0 spiro atoms. The number of hydrogen-bond donors (Lipinski definition) is 2. The van der Waals surface area contributed by atoms with Gasteiger partial charge in [-0.25, -0.2) is 4.98 Å². The zero-order chi connectivity index (χ0) is 26.0. The van der Waals surface area contributed by atoms with Gasteiger partial charge in [-0.05, 0) is 68.4 Å². The molecule has 6 nitrogen and oxygen atoms in total. The average molecular weight is 502 g/mol. The van der Waals surface area contributed by atoms with E-state index < -0.39 is 0 Å². The van der Waals surface area contributed by atoms with Gasteiger partial charge in [0.25, 0.3) is 5.91 Å². The van der Waals surface area contributed by atoms with Crippen LogP contribution in [0.5, 0.6) is 0 Å². The zero-order valence-electron chi connectivity index (χ0n) is 22.8. The third kappa shape index (κ3) is 7.67. The van der Waals surface area contributed by atoms with Crippen LogP contribution in [0, 0.1) is 0 Å². The van der Waals surface area contributed by atoms with Crippen molar-refractivity contribution in [3.05, 3.63) is 59.7 Å². The summed E-state index contributed by atoms with van der Waals surface area (Å²) in [6, 6.07) is 16.8. The molecule has 1 amide bonds. The topological polar surface area (TPSA) is 70.2 Å². The SMILES string of the molecule is CCCCCCCCc1ccc(C(=O)N[C@H]2CC[C@@H](Nc3nc(N(C)C)c4ccccc4n3)CC2)cc1. The van der Waals surface area contributed by atoms with Crippen LogP contribution in [0.15, 0.2) is 48.5 Å². The number of benzene rings is 2. The summed E-state index contributed by atoms with van der Waals surface area (Å²) in [5.74, 6) is 1.64. The highest BCUT2D eigenvalue weighted by molar-refractivity contribution is 5.94. The Morgan fingerprint density at radius 3 is 2.27 bits per heavy atom. The Hall–Kier alpha value is -3.15. The van der Waals surface area contributed by atoms with Gasteiger partial charge in [-0.2, -0.15) is 4.98 Å². The van der Waals surface area contributed by atoms with E-state index in [0.29, 0.717) is 12.0 Å². The molecule has 6 heteroatoms. The minimum Gasteiger partial charge on any atom is -0.362 e. The molecule has 0 bridgehead atoms. The number of anilines is 2. The van der Waals surface area contributed by atoms with Crippen LogP contribution in [0.1, 0.15) is 87.1 Å². The fraction of sp³-hybridized carbons (Fsp3) is 0.516. The molecule has 198 valence electrons. The van der Waals surface area contributed by atoms with Crippen molar-refractivity contribution in [2.24, 2.45) is 0 Å². The lowest BCUT2D eigenvalue weighted by Gasteiger charge is -2.30. The summed E-state index contributed by atoms with van der Waals surface area (Å²) in [7, 11) is 4.02. The van der Waals surface area contributed by atoms with Gasteiger partial charge in [0.15, 0.2) is 0 Å². The van der Waals surface area contributed by atoms with Crippen LogP contribution in [0.4, 0.5) is 11.8 Å². The second kappa shape index (κ2) is 13.4. The van der Waals surface area contributed by atoms with Crippen molar-refractivity contribution in [3.8, 4) is 0 Å². The number of para-hydroxylation sites is 1. The maximum absolute atomic E-state index is 12.8. The maximum Gasteiger partial charge on any atom is 0.251 e. The summed E-state index contributed by atoms with van der Waals surface area (Å²) in [4.78, 5) is 24.4. The fourth-order valence-corrected chi connectivity index (χ4v) is 5.23. The first-order chi connectivity index (χ1) is 18.0. The van der Waals surface area contributed by atoms with Crippen LogP contribution in [-0.4, -0.2) is 42.1 Å². The van der Waals surface area contributed by atoms with Crippen LogP contribution in [-0.2, 0) is 6.42 Å². The highest BCUT2D eigenvalue weighted by Crippen LogP contribution is 2.26. The van der Waals surface area contributed by atoms with Gasteiger partial charge in [-0.3, -0.25) is 4.79 Å². The molecule has 3 aromatic rings. The quantitative estimate of drug-likeness (QED) is 0.269. The molecular weight excluding hydrogens is 458 g/mol. The Labute approximate surface area is 222 Å². The molecule has 1 heterocycles. The lowest BCUT2D eigenvalue weighted by atomic mass is 9.91. The molecule has 0 unspecified atom stereocenters. The summed E-state index contributed by atoms with van der Waals surface area (Å²) >= 11 is 0. The number of nitrogens with zero attached hydrogens (tertiary/aromatic N) is 3. The smallest absolute Gasteiger partial charge is 0.251 e. The molecule has 37 heavy (non-hydrogen) atoms. The van der Waals surface area contributed by atoms with Gasteiger partial charge in [-0.1, -0.05) is 63.3 Å². The first kappa shape index (κ1) is 26.9. The van der Waals surface area contributed by atoms with Gasteiger partial charge in [0.2, 0.25) is 5.95 Å². The number of unbranched alkanes of at least 4 members (excludes halogenated alkanes) is 5. The standard InChI is InChI=1S/C31H43N5O/c1-4-5-6-7-8-9-12-23-15-17-24(18-16-23)30(37)32-25-19-21-26(22-20-25)33-31-34-28-14-11-10-13-27(28)29(35-31)36(2)3/h10-11,13-18,25-26H,4-9,12,19-22H2,1-3H3,(H,32,37)(H,33,34,35)/t25-,26+. The first-order valence-corrected chi connectivity index (χ1v) is 14.1. The van der Waals surface area contributed by atoms with Crippen LogP contribution in [0.25, 0.3) is 10.9 Å². The van der Waals surface area contributed by atoms with E-state index in [1.165, 1.54) is 44.1 Å². The van der Waals surface area contributed by atoms with Crippen molar-refractivity contribution in [2.45, 2.75) is 89.6 Å². The third-order valence-corrected chi connectivity index (χ3v) is 7.44. The Bertz CT molecular complexity index is 1140. The van der Waals surface area contributed by atoms with E-state index in [1.54, 1.807) is 0 Å². The summed E-state index contributed by atoms with van der Waals surface area (Å²) in [6.45, 7) is 2.25. The molecule has 1 aromatic heterocycles. The minimum absolute atomic E-state index is 0.0380. The van der Waals surface area contributed by atoms with Crippen molar-refractivity contribution in [3.63, 3.8) is 0 Å². The number of aryl methyl sites for hydroxylation is 1. The van der Waals surface area contributed by atoms with Crippen molar-refractivity contribution in [1.82, 2.24) is 15.3 Å². The molecule has 0 radical (unpaired) electrons. The van der Waals surface area contributed by atoms with Crippen LogP contribution < -0.4 is 15.5 Å². The number of amides is 1. The third-order valence-electron chi connectivity index (χ3n) is 7.44. The number of hydrogen-bond acceptors (Lipinski definition) is 5. The van der Waals surface area contributed by atoms with Gasteiger partial charge in [-0.15, -0.1) is 0 Å². The molecule has 1 fully saturated rings. The Morgan fingerprint density at radius 1 is 0.865 bits per heavy atom. The molecule has 2 N–H and O–H groups in total. The molecule has 0 saturated heterocycles. The summed E-state index contributed by atoms with van der Waals surface area (Å²) in [5.41, 5.74) is 3.03. The van der Waals surface area contributed by atoms with Crippen LogP contribution in [0.3, 0.4) is 0 Å².